The monoisotopic (exact) mass is 299 g/mol. The largest absolute Gasteiger partial charge is 0.326 e. The van der Waals surface area contributed by atoms with E-state index in [1.807, 2.05) is 42.5 Å². The van der Waals surface area contributed by atoms with Crippen molar-refractivity contribution in [2.75, 3.05) is 0 Å². The first-order valence-corrected chi connectivity index (χ1v) is 6.41. The van der Waals surface area contributed by atoms with Gasteiger partial charge in [0.25, 0.3) is 0 Å². The highest BCUT2D eigenvalue weighted by Crippen LogP contribution is 2.03. The molecule has 4 heteroatoms. The van der Waals surface area contributed by atoms with Crippen molar-refractivity contribution in [3.05, 3.63) is 70.8 Å². The number of halogens is 1. The summed E-state index contributed by atoms with van der Waals surface area (Å²) in [7, 11) is 0. The quantitative estimate of drug-likeness (QED) is 0.921. The van der Waals surface area contributed by atoms with Crippen molar-refractivity contribution in [1.82, 2.24) is 0 Å². The summed E-state index contributed by atoms with van der Waals surface area (Å²) in [5, 5.41) is 16.9. The van der Waals surface area contributed by atoms with Gasteiger partial charge >= 0.3 is 0 Å². The van der Waals surface area contributed by atoms with Gasteiger partial charge in [-0.15, -0.1) is 12.4 Å². The van der Waals surface area contributed by atoms with Crippen LogP contribution in [0.3, 0.4) is 0 Å². The van der Waals surface area contributed by atoms with E-state index < -0.39 is 0 Å². The van der Waals surface area contributed by atoms with Crippen LogP contribution in [-0.2, 0) is 13.0 Å². The molecular formula is C17H18ClN3. The smallest absolute Gasteiger partial charge is 0.0991 e. The van der Waals surface area contributed by atoms with Crippen molar-refractivity contribution in [1.29, 1.82) is 10.5 Å². The van der Waals surface area contributed by atoms with Gasteiger partial charge in [0.05, 0.1) is 23.3 Å². The van der Waals surface area contributed by atoms with Gasteiger partial charge in [0.15, 0.2) is 0 Å². The van der Waals surface area contributed by atoms with Gasteiger partial charge in [-0.1, -0.05) is 31.2 Å². The molecule has 0 fully saturated rings. The van der Waals surface area contributed by atoms with E-state index in [0.29, 0.717) is 12.1 Å². The molecule has 108 valence electrons. The van der Waals surface area contributed by atoms with Gasteiger partial charge in [0.1, 0.15) is 0 Å². The summed E-state index contributed by atoms with van der Waals surface area (Å²) in [6.07, 6.45) is 1.03. The standard InChI is InChI=1S/C9H9N.C8H8N2.ClH/c1-2-8-3-5-9(7-10)6-4-8;9-5-7-1-2-8(6-10)4-3-7;/h3-6H,2H2,1H3;1-4H,5,9H2;1H. The topological polar surface area (TPSA) is 73.6 Å². The predicted octanol–water partition coefficient (Wildman–Crippen LogP) is 3.56. The maximum absolute atomic E-state index is 8.45. The van der Waals surface area contributed by atoms with Crippen molar-refractivity contribution in [2.24, 2.45) is 5.73 Å². The molecule has 2 aromatic carbocycles. The molecule has 0 spiro atoms. The summed E-state index contributed by atoms with van der Waals surface area (Å²) < 4.78 is 0. The number of aryl methyl sites for hydroxylation is 1. The van der Waals surface area contributed by atoms with Crippen LogP contribution in [0.5, 0.6) is 0 Å². The van der Waals surface area contributed by atoms with Gasteiger partial charge in [-0.25, -0.2) is 0 Å². The van der Waals surface area contributed by atoms with E-state index in [4.69, 9.17) is 16.3 Å². The molecule has 0 heterocycles. The Morgan fingerprint density at radius 3 is 1.48 bits per heavy atom. The molecule has 0 unspecified atom stereocenters. The molecule has 0 bridgehead atoms. The molecule has 0 atom stereocenters. The van der Waals surface area contributed by atoms with Crippen LogP contribution in [0.4, 0.5) is 0 Å². The fraction of sp³-hybridized carbons (Fsp3) is 0.176. The van der Waals surface area contributed by atoms with Crippen molar-refractivity contribution < 1.29 is 0 Å². The third-order valence-electron chi connectivity index (χ3n) is 2.81. The average Bonchev–Trinajstić information content (AvgIpc) is 2.55. The molecule has 21 heavy (non-hydrogen) atoms. The summed E-state index contributed by atoms with van der Waals surface area (Å²) in [5.41, 5.74) is 9.10. The van der Waals surface area contributed by atoms with Gasteiger partial charge in [-0.05, 0) is 41.8 Å². The van der Waals surface area contributed by atoms with Gasteiger partial charge in [0, 0.05) is 6.54 Å². The lowest BCUT2D eigenvalue weighted by Crippen LogP contribution is -1.94. The Kier molecular flexibility index (Phi) is 9.30. The normalized spacial score (nSPS) is 8.38. The maximum Gasteiger partial charge on any atom is 0.0991 e. The number of nitrogens with two attached hydrogens (primary N) is 1. The third kappa shape index (κ3) is 6.58. The van der Waals surface area contributed by atoms with E-state index in [0.717, 1.165) is 17.5 Å². The molecule has 0 aliphatic carbocycles. The first kappa shape index (κ1) is 18.7. The highest BCUT2D eigenvalue weighted by molar-refractivity contribution is 5.85. The fourth-order valence-electron chi connectivity index (χ4n) is 1.53. The molecule has 0 amide bonds. The summed E-state index contributed by atoms with van der Waals surface area (Å²) >= 11 is 0. The minimum Gasteiger partial charge on any atom is -0.326 e. The molecule has 0 radical (unpaired) electrons. The zero-order chi connectivity index (χ0) is 14.8. The number of nitriles is 2. The Labute approximate surface area is 132 Å². The Balaban J connectivity index is 0.000000364. The highest BCUT2D eigenvalue weighted by Gasteiger charge is 1.89. The van der Waals surface area contributed by atoms with E-state index in [9.17, 15) is 0 Å². The van der Waals surface area contributed by atoms with Gasteiger partial charge in [0.2, 0.25) is 0 Å². The van der Waals surface area contributed by atoms with Gasteiger partial charge in [-0.2, -0.15) is 10.5 Å². The van der Waals surface area contributed by atoms with Crippen LogP contribution >= 0.6 is 12.4 Å². The summed E-state index contributed by atoms with van der Waals surface area (Å²) in [6.45, 7) is 2.63. The summed E-state index contributed by atoms with van der Waals surface area (Å²) in [6, 6.07) is 19.0. The average molecular weight is 300 g/mol. The lowest BCUT2D eigenvalue weighted by Gasteiger charge is -1.93. The van der Waals surface area contributed by atoms with Crippen molar-refractivity contribution in [3.63, 3.8) is 0 Å². The Morgan fingerprint density at radius 1 is 0.810 bits per heavy atom. The van der Waals surface area contributed by atoms with Crippen LogP contribution in [0.2, 0.25) is 0 Å². The van der Waals surface area contributed by atoms with Crippen molar-refractivity contribution in [3.8, 4) is 12.1 Å². The van der Waals surface area contributed by atoms with Gasteiger partial charge < -0.3 is 5.73 Å². The lowest BCUT2D eigenvalue weighted by atomic mass is 10.1. The molecule has 0 saturated heterocycles. The number of hydrogen-bond donors (Lipinski definition) is 1. The first-order valence-electron chi connectivity index (χ1n) is 6.41. The van der Waals surface area contributed by atoms with Crippen LogP contribution in [0.25, 0.3) is 0 Å². The molecule has 0 saturated carbocycles. The van der Waals surface area contributed by atoms with E-state index in [2.05, 4.69) is 13.0 Å². The van der Waals surface area contributed by atoms with Crippen LogP contribution in [0.15, 0.2) is 48.5 Å². The molecule has 2 rings (SSSR count). The summed E-state index contributed by atoms with van der Waals surface area (Å²) in [5.74, 6) is 0. The highest BCUT2D eigenvalue weighted by atomic mass is 35.5. The minimum absolute atomic E-state index is 0. The molecule has 0 aliphatic heterocycles. The maximum atomic E-state index is 8.45. The Bertz CT molecular complexity index is 547. The van der Waals surface area contributed by atoms with E-state index in [-0.39, 0.29) is 12.4 Å². The molecular weight excluding hydrogens is 282 g/mol. The van der Waals surface area contributed by atoms with Crippen LogP contribution < -0.4 is 5.73 Å². The van der Waals surface area contributed by atoms with Gasteiger partial charge in [-0.3, -0.25) is 0 Å². The first-order chi connectivity index (χ1) is 9.73. The Morgan fingerprint density at radius 2 is 1.19 bits per heavy atom. The molecule has 0 aromatic heterocycles. The molecule has 3 nitrogen and oxygen atoms in total. The van der Waals surface area contributed by atoms with Crippen LogP contribution in [-0.4, -0.2) is 0 Å². The second-order valence-corrected chi connectivity index (χ2v) is 4.18. The molecule has 2 aromatic rings. The number of benzene rings is 2. The third-order valence-corrected chi connectivity index (χ3v) is 2.81. The van der Waals surface area contributed by atoms with Crippen LogP contribution in [0, 0.1) is 22.7 Å². The van der Waals surface area contributed by atoms with E-state index in [1.165, 1.54) is 5.56 Å². The predicted molar refractivity (Wildman–Crippen MR) is 86.8 cm³/mol. The number of nitrogens with zero attached hydrogens (tertiary/aromatic N) is 2. The second-order valence-electron chi connectivity index (χ2n) is 4.18. The van der Waals surface area contributed by atoms with E-state index >= 15 is 0 Å². The Hall–Kier alpha value is -2.33. The van der Waals surface area contributed by atoms with Crippen molar-refractivity contribution in [2.45, 2.75) is 19.9 Å². The fourth-order valence-corrected chi connectivity index (χ4v) is 1.53. The van der Waals surface area contributed by atoms with Crippen LogP contribution in [0.1, 0.15) is 29.2 Å². The zero-order valence-electron chi connectivity index (χ0n) is 11.9. The SMILES string of the molecule is CCc1ccc(C#N)cc1.Cl.N#Cc1ccc(CN)cc1. The number of hydrogen-bond acceptors (Lipinski definition) is 3. The molecule has 0 aliphatic rings. The zero-order valence-corrected chi connectivity index (χ0v) is 12.7. The summed E-state index contributed by atoms with van der Waals surface area (Å²) in [4.78, 5) is 0. The minimum atomic E-state index is 0. The number of rotatable bonds is 2. The van der Waals surface area contributed by atoms with Crippen molar-refractivity contribution >= 4 is 12.4 Å². The molecule has 2 N–H and O–H groups in total. The van der Waals surface area contributed by atoms with E-state index in [1.54, 1.807) is 12.1 Å². The second kappa shape index (κ2) is 10.5. The lowest BCUT2D eigenvalue weighted by molar-refractivity contribution is 1.07.